The van der Waals surface area contributed by atoms with Gasteiger partial charge in [0, 0.05) is 15.5 Å². The first kappa shape index (κ1) is 12.8. The maximum Gasteiger partial charge on any atom is 0.177 e. The fourth-order valence-electron chi connectivity index (χ4n) is 1.98. The van der Waals surface area contributed by atoms with Gasteiger partial charge in [0.15, 0.2) is 4.77 Å². The lowest BCUT2D eigenvalue weighted by Gasteiger charge is -2.07. The van der Waals surface area contributed by atoms with Gasteiger partial charge in [0.2, 0.25) is 0 Å². The quantitative estimate of drug-likeness (QED) is 0.652. The van der Waals surface area contributed by atoms with E-state index in [-0.39, 0.29) is 0 Å². The number of thiophene rings is 1. The normalized spacial score (nSPS) is 10.8. The maximum atomic E-state index is 5.39. The second-order valence-corrected chi connectivity index (χ2v) is 6.36. The van der Waals surface area contributed by atoms with Crippen LogP contribution in [-0.2, 0) is 6.54 Å². The average Bonchev–Trinajstić information content (AvgIpc) is 2.99. The molecule has 0 saturated carbocycles. The molecule has 0 saturated heterocycles. The van der Waals surface area contributed by atoms with E-state index in [0.717, 1.165) is 21.5 Å². The van der Waals surface area contributed by atoms with Crippen LogP contribution >= 0.6 is 39.5 Å². The predicted molar refractivity (Wildman–Crippen MR) is 86.2 cm³/mol. The van der Waals surface area contributed by atoms with Crippen molar-refractivity contribution in [3.05, 3.63) is 62.1 Å². The van der Waals surface area contributed by atoms with Crippen LogP contribution in [0.4, 0.5) is 0 Å². The highest BCUT2D eigenvalue weighted by Gasteiger charge is 2.09. The topological polar surface area (TPSA) is 20.7 Å². The molecule has 2 heterocycles. The Kier molecular flexibility index (Phi) is 3.68. The minimum absolute atomic E-state index is 0.749. The molecule has 0 fully saturated rings. The first-order chi connectivity index (χ1) is 9.25. The average molecular weight is 351 g/mol. The van der Waals surface area contributed by atoms with Gasteiger partial charge < -0.3 is 9.55 Å². The molecule has 0 unspecified atom stereocenters. The largest absolute Gasteiger partial charge is 0.337 e. The summed E-state index contributed by atoms with van der Waals surface area (Å²) in [5, 5.41) is 2.08. The molecule has 0 aliphatic heterocycles. The summed E-state index contributed by atoms with van der Waals surface area (Å²) in [6, 6.07) is 12.4. The lowest BCUT2D eigenvalue weighted by Crippen LogP contribution is -2.00. The van der Waals surface area contributed by atoms with Crippen LogP contribution in [0.2, 0.25) is 0 Å². The molecule has 0 bridgehead atoms. The van der Waals surface area contributed by atoms with E-state index >= 15 is 0 Å². The number of nitrogens with one attached hydrogen (secondary N) is 1. The molecule has 3 aromatic rings. The molecule has 0 aliphatic carbocycles. The van der Waals surface area contributed by atoms with E-state index in [9.17, 15) is 0 Å². The van der Waals surface area contributed by atoms with Crippen LogP contribution in [-0.4, -0.2) is 9.55 Å². The van der Waals surface area contributed by atoms with Crippen LogP contribution in [0.3, 0.4) is 0 Å². The van der Waals surface area contributed by atoms with Crippen molar-refractivity contribution in [3.8, 4) is 11.3 Å². The van der Waals surface area contributed by atoms with Crippen molar-refractivity contribution < 1.29 is 0 Å². The van der Waals surface area contributed by atoms with Crippen molar-refractivity contribution in [2.45, 2.75) is 6.54 Å². The fraction of sp³-hybridized carbons (Fsp3) is 0.0714. The molecular formula is C14H11BrN2S2. The Morgan fingerprint density at radius 2 is 2.00 bits per heavy atom. The van der Waals surface area contributed by atoms with Crippen LogP contribution in [0, 0.1) is 4.77 Å². The van der Waals surface area contributed by atoms with Gasteiger partial charge in [-0.3, -0.25) is 0 Å². The van der Waals surface area contributed by atoms with Gasteiger partial charge in [-0.25, -0.2) is 0 Å². The molecular weight excluding hydrogens is 340 g/mol. The SMILES string of the molecule is S=c1[nH]cc(-c2ccccc2)n1Cc1sccc1Br. The number of rotatable bonds is 3. The Bertz CT molecular complexity index is 740. The number of imidazole rings is 1. The van der Waals surface area contributed by atoms with Crippen molar-refractivity contribution in [2.24, 2.45) is 0 Å². The summed E-state index contributed by atoms with van der Waals surface area (Å²) in [4.78, 5) is 4.41. The molecule has 19 heavy (non-hydrogen) atoms. The van der Waals surface area contributed by atoms with E-state index in [1.165, 1.54) is 10.4 Å². The minimum atomic E-state index is 0.749. The van der Waals surface area contributed by atoms with E-state index < -0.39 is 0 Å². The summed E-state index contributed by atoms with van der Waals surface area (Å²) >= 11 is 10.7. The van der Waals surface area contributed by atoms with Gasteiger partial charge in [-0.05, 0) is 45.2 Å². The molecule has 0 aliphatic rings. The second-order valence-electron chi connectivity index (χ2n) is 4.12. The van der Waals surface area contributed by atoms with Crippen molar-refractivity contribution in [1.29, 1.82) is 0 Å². The molecule has 0 amide bonds. The number of hydrogen-bond acceptors (Lipinski definition) is 2. The summed E-state index contributed by atoms with van der Waals surface area (Å²) in [6.07, 6.45) is 1.97. The lowest BCUT2D eigenvalue weighted by atomic mass is 10.2. The summed E-state index contributed by atoms with van der Waals surface area (Å²) in [7, 11) is 0. The van der Waals surface area contributed by atoms with Crippen LogP contribution < -0.4 is 0 Å². The molecule has 5 heteroatoms. The number of aromatic nitrogens is 2. The monoisotopic (exact) mass is 350 g/mol. The highest BCUT2D eigenvalue weighted by molar-refractivity contribution is 9.10. The van der Waals surface area contributed by atoms with Crippen molar-refractivity contribution in [1.82, 2.24) is 9.55 Å². The third-order valence-corrected chi connectivity index (χ3v) is 5.18. The Morgan fingerprint density at radius 1 is 1.21 bits per heavy atom. The van der Waals surface area contributed by atoms with E-state index in [1.807, 2.05) is 24.4 Å². The summed E-state index contributed by atoms with van der Waals surface area (Å²) in [6.45, 7) is 0.783. The standard InChI is InChI=1S/C14H11BrN2S2/c15-11-6-7-19-13(11)9-17-12(8-16-14(17)18)10-4-2-1-3-5-10/h1-8H,9H2,(H,16,18). The molecule has 2 aromatic heterocycles. The van der Waals surface area contributed by atoms with Crippen LogP contribution in [0.25, 0.3) is 11.3 Å². The second kappa shape index (κ2) is 5.45. The number of hydrogen-bond donors (Lipinski definition) is 1. The Labute approximate surface area is 128 Å². The van der Waals surface area contributed by atoms with Crippen molar-refractivity contribution in [2.75, 3.05) is 0 Å². The number of nitrogens with zero attached hydrogens (tertiary/aromatic N) is 1. The highest BCUT2D eigenvalue weighted by atomic mass is 79.9. The van der Waals surface area contributed by atoms with Gasteiger partial charge in [-0.1, -0.05) is 30.3 Å². The number of benzene rings is 1. The minimum Gasteiger partial charge on any atom is -0.337 e. The molecule has 0 radical (unpaired) electrons. The third-order valence-electron chi connectivity index (χ3n) is 2.93. The van der Waals surface area contributed by atoms with E-state index in [1.54, 1.807) is 11.3 Å². The van der Waals surface area contributed by atoms with Gasteiger partial charge in [-0.15, -0.1) is 11.3 Å². The zero-order chi connectivity index (χ0) is 13.2. The molecule has 3 rings (SSSR count). The zero-order valence-electron chi connectivity index (χ0n) is 9.97. The number of halogens is 1. The van der Waals surface area contributed by atoms with Crippen LogP contribution in [0.1, 0.15) is 4.88 Å². The van der Waals surface area contributed by atoms with Gasteiger partial charge >= 0.3 is 0 Å². The fourth-order valence-corrected chi connectivity index (χ4v) is 3.67. The molecule has 0 spiro atoms. The van der Waals surface area contributed by atoms with Crippen LogP contribution in [0.5, 0.6) is 0 Å². The van der Waals surface area contributed by atoms with E-state index in [0.29, 0.717) is 0 Å². The first-order valence-electron chi connectivity index (χ1n) is 5.81. The Hall–Kier alpha value is -1.17. The molecule has 96 valence electrons. The molecule has 1 N–H and O–H groups in total. The third kappa shape index (κ3) is 2.59. The maximum absolute atomic E-state index is 5.39. The number of aromatic amines is 1. The molecule has 2 nitrogen and oxygen atoms in total. The summed E-state index contributed by atoms with van der Waals surface area (Å²) in [5.74, 6) is 0. The number of H-pyrrole nitrogens is 1. The van der Waals surface area contributed by atoms with E-state index in [2.05, 4.69) is 49.1 Å². The highest BCUT2D eigenvalue weighted by Crippen LogP contribution is 2.26. The van der Waals surface area contributed by atoms with Crippen LogP contribution in [0.15, 0.2) is 52.4 Å². The zero-order valence-corrected chi connectivity index (χ0v) is 13.2. The van der Waals surface area contributed by atoms with Gasteiger partial charge in [-0.2, -0.15) is 0 Å². The Balaban J connectivity index is 2.05. The van der Waals surface area contributed by atoms with Gasteiger partial charge in [0.25, 0.3) is 0 Å². The van der Waals surface area contributed by atoms with E-state index in [4.69, 9.17) is 12.2 Å². The Morgan fingerprint density at radius 3 is 2.68 bits per heavy atom. The lowest BCUT2D eigenvalue weighted by molar-refractivity contribution is 0.801. The predicted octanol–water partition coefficient (Wildman–Crippen LogP) is 5.08. The summed E-state index contributed by atoms with van der Waals surface area (Å²) in [5.41, 5.74) is 2.29. The first-order valence-corrected chi connectivity index (χ1v) is 7.89. The summed E-state index contributed by atoms with van der Waals surface area (Å²) < 4.78 is 4.01. The van der Waals surface area contributed by atoms with Crippen molar-refractivity contribution >= 4 is 39.5 Å². The molecule has 1 aromatic carbocycles. The smallest absolute Gasteiger partial charge is 0.177 e. The van der Waals surface area contributed by atoms with Gasteiger partial charge in [0.05, 0.1) is 12.2 Å². The molecule has 0 atom stereocenters. The van der Waals surface area contributed by atoms with Gasteiger partial charge in [0.1, 0.15) is 0 Å². The van der Waals surface area contributed by atoms with Crippen molar-refractivity contribution in [3.63, 3.8) is 0 Å².